The van der Waals surface area contributed by atoms with E-state index in [0.29, 0.717) is 4.90 Å². The van der Waals surface area contributed by atoms with Gasteiger partial charge in [0, 0.05) is 4.90 Å². The van der Waals surface area contributed by atoms with Crippen LogP contribution < -0.4 is 0 Å². The van der Waals surface area contributed by atoms with Gasteiger partial charge in [0.2, 0.25) is 0 Å². The Hall–Kier alpha value is -1.23. The maximum atomic E-state index is 12.6. The van der Waals surface area contributed by atoms with E-state index < -0.39 is 27.8 Å². The first-order chi connectivity index (χ1) is 7.56. The molecule has 0 aliphatic heterocycles. The number of halogens is 1. The first-order valence-electron chi connectivity index (χ1n) is 4.89. The van der Waals surface area contributed by atoms with Crippen LogP contribution in [0.4, 0.5) is 4.39 Å². The van der Waals surface area contributed by atoms with Crippen LogP contribution in [0.2, 0.25) is 0 Å². The average molecular weight is 244 g/mol. The zero-order valence-electron chi connectivity index (χ0n) is 9.10. The molecule has 2 atom stereocenters. The Morgan fingerprint density at radius 2 is 2.00 bits per heavy atom. The van der Waals surface area contributed by atoms with Gasteiger partial charge in [0.05, 0.1) is 17.4 Å². The Kier molecular flexibility index (Phi) is 4.61. The van der Waals surface area contributed by atoms with Crippen molar-refractivity contribution in [2.75, 3.05) is 6.61 Å². The Morgan fingerprint density at radius 3 is 2.50 bits per heavy atom. The van der Waals surface area contributed by atoms with Gasteiger partial charge in [-0.3, -0.25) is 9.00 Å². The Balaban J connectivity index is 2.78. The topological polar surface area (TPSA) is 43.4 Å². The highest BCUT2D eigenvalue weighted by Crippen LogP contribution is 2.13. The monoisotopic (exact) mass is 244 g/mol. The molecule has 1 aromatic rings. The molecule has 0 aliphatic carbocycles. The van der Waals surface area contributed by atoms with E-state index in [1.807, 2.05) is 0 Å². The Bertz CT molecular complexity index is 389. The van der Waals surface area contributed by atoms with Crippen LogP contribution in [0.3, 0.4) is 0 Å². The molecule has 0 heterocycles. The first kappa shape index (κ1) is 12.8. The predicted octanol–water partition coefficient (Wildman–Crippen LogP) is 1.88. The summed E-state index contributed by atoms with van der Waals surface area (Å²) < 4.78 is 29.3. The van der Waals surface area contributed by atoms with Crippen LogP contribution in [0.1, 0.15) is 13.8 Å². The largest absolute Gasteiger partial charge is 0.465 e. The van der Waals surface area contributed by atoms with Crippen LogP contribution in [0.15, 0.2) is 29.2 Å². The highest BCUT2D eigenvalue weighted by molar-refractivity contribution is 7.86. The summed E-state index contributed by atoms with van der Waals surface area (Å²) in [4.78, 5) is 11.8. The molecule has 88 valence electrons. The third-order valence-electron chi connectivity index (χ3n) is 1.99. The molecule has 0 spiro atoms. The van der Waals surface area contributed by atoms with E-state index in [2.05, 4.69) is 0 Å². The molecule has 3 nitrogen and oxygen atoms in total. The van der Waals surface area contributed by atoms with Crippen molar-refractivity contribution < 1.29 is 18.1 Å². The number of ether oxygens (including phenoxy) is 1. The van der Waals surface area contributed by atoms with Gasteiger partial charge in [-0.1, -0.05) is 0 Å². The van der Waals surface area contributed by atoms with Crippen molar-refractivity contribution >= 4 is 16.8 Å². The highest BCUT2D eigenvalue weighted by atomic mass is 32.2. The van der Waals surface area contributed by atoms with Gasteiger partial charge < -0.3 is 4.74 Å². The van der Waals surface area contributed by atoms with Crippen LogP contribution in [-0.2, 0) is 20.3 Å². The number of carbonyl (C=O) groups is 1. The highest BCUT2D eigenvalue weighted by Gasteiger charge is 2.22. The number of hydrogen-bond acceptors (Lipinski definition) is 3. The van der Waals surface area contributed by atoms with Crippen LogP contribution in [0.25, 0.3) is 0 Å². The van der Waals surface area contributed by atoms with Gasteiger partial charge >= 0.3 is 5.97 Å². The summed E-state index contributed by atoms with van der Waals surface area (Å²) in [5.41, 5.74) is 0. The normalized spacial score (nSPS) is 14.2. The zero-order valence-corrected chi connectivity index (χ0v) is 9.92. The van der Waals surface area contributed by atoms with Gasteiger partial charge in [0.1, 0.15) is 11.1 Å². The lowest BCUT2D eigenvalue weighted by molar-refractivity contribution is -0.142. The van der Waals surface area contributed by atoms with Crippen molar-refractivity contribution in [3.63, 3.8) is 0 Å². The molecule has 0 fully saturated rings. The van der Waals surface area contributed by atoms with Gasteiger partial charge in [-0.15, -0.1) is 0 Å². The van der Waals surface area contributed by atoms with Crippen molar-refractivity contribution in [2.45, 2.75) is 24.0 Å². The van der Waals surface area contributed by atoms with Gasteiger partial charge in [0.25, 0.3) is 0 Å². The molecule has 0 unspecified atom stereocenters. The molecule has 0 saturated carbocycles. The molecule has 1 aromatic carbocycles. The summed E-state index contributed by atoms with van der Waals surface area (Å²) in [6.07, 6.45) is 0. The molecule has 0 bridgehead atoms. The number of rotatable bonds is 4. The third-order valence-corrected chi connectivity index (χ3v) is 3.56. The molecule has 5 heteroatoms. The molecule has 0 amide bonds. The minimum atomic E-state index is -1.51. The molecule has 0 aromatic heterocycles. The number of benzene rings is 1. The fourth-order valence-electron chi connectivity index (χ4n) is 1.12. The lowest BCUT2D eigenvalue weighted by atomic mass is 10.3. The quantitative estimate of drug-likeness (QED) is 0.760. The molecular weight excluding hydrogens is 231 g/mol. The zero-order chi connectivity index (χ0) is 12.1. The summed E-state index contributed by atoms with van der Waals surface area (Å²) in [5.74, 6) is -0.908. The summed E-state index contributed by atoms with van der Waals surface area (Å²) in [6.45, 7) is 3.46. The molecule has 0 N–H and O–H groups in total. The van der Waals surface area contributed by atoms with E-state index >= 15 is 0 Å². The number of esters is 1. The summed E-state index contributed by atoms with van der Waals surface area (Å²) in [7, 11) is -1.51. The van der Waals surface area contributed by atoms with Gasteiger partial charge in [0.15, 0.2) is 0 Å². The van der Waals surface area contributed by atoms with E-state index in [1.165, 1.54) is 31.2 Å². The minimum Gasteiger partial charge on any atom is -0.465 e. The van der Waals surface area contributed by atoms with Gasteiger partial charge in [-0.05, 0) is 38.1 Å². The molecule has 1 rings (SSSR count). The molecular formula is C11H13FO3S. The van der Waals surface area contributed by atoms with E-state index in [1.54, 1.807) is 6.92 Å². The second kappa shape index (κ2) is 5.75. The standard InChI is InChI=1S/C11H13FO3S/c1-3-15-11(13)8(2)16(14)10-6-4-9(12)5-7-10/h4-8H,3H2,1-2H3/t8-,16-/m1/s1. The lowest BCUT2D eigenvalue weighted by Crippen LogP contribution is -2.25. The van der Waals surface area contributed by atoms with E-state index in [9.17, 15) is 13.4 Å². The summed E-state index contributed by atoms with van der Waals surface area (Å²) >= 11 is 0. The van der Waals surface area contributed by atoms with E-state index in [0.717, 1.165) is 0 Å². The van der Waals surface area contributed by atoms with Crippen molar-refractivity contribution in [2.24, 2.45) is 0 Å². The van der Waals surface area contributed by atoms with Gasteiger partial charge in [-0.25, -0.2) is 4.39 Å². The third kappa shape index (κ3) is 3.13. The second-order valence-electron chi connectivity index (χ2n) is 3.15. The Labute approximate surface area is 96.1 Å². The van der Waals surface area contributed by atoms with Crippen LogP contribution >= 0.6 is 0 Å². The van der Waals surface area contributed by atoms with Crippen molar-refractivity contribution in [1.29, 1.82) is 0 Å². The SMILES string of the molecule is CCOC(=O)[C@@H](C)[S@@](=O)c1ccc(F)cc1. The maximum Gasteiger partial charge on any atom is 0.321 e. The molecule has 0 aliphatic rings. The predicted molar refractivity (Wildman–Crippen MR) is 58.9 cm³/mol. The first-order valence-corrected chi connectivity index (χ1v) is 6.10. The fraction of sp³-hybridized carbons (Fsp3) is 0.364. The van der Waals surface area contributed by atoms with Crippen molar-refractivity contribution in [3.05, 3.63) is 30.1 Å². The van der Waals surface area contributed by atoms with Crippen molar-refractivity contribution in [3.8, 4) is 0 Å². The van der Waals surface area contributed by atoms with Crippen LogP contribution in [0.5, 0.6) is 0 Å². The average Bonchev–Trinajstić information content (AvgIpc) is 2.28. The molecule has 16 heavy (non-hydrogen) atoms. The minimum absolute atomic E-state index is 0.254. The van der Waals surface area contributed by atoms with E-state index in [4.69, 9.17) is 4.74 Å². The molecule has 0 radical (unpaired) electrons. The van der Waals surface area contributed by atoms with Crippen molar-refractivity contribution in [1.82, 2.24) is 0 Å². The number of carbonyl (C=O) groups excluding carboxylic acids is 1. The summed E-state index contributed by atoms with van der Waals surface area (Å²) in [6, 6.07) is 5.23. The Morgan fingerprint density at radius 1 is 1.44 bits per heavy atom. The fourth-order valence-corrected chi connectivity index (χ4v) is 2.18. The second-order valence-corrected chi connectivity index (χ2v) is 4.92. The lowest BCUT2D eigenvalue weighted by Gasteiger charge is -2.10. The summed E-state index contributed by atoms with van der Waals surface area (Å²) in [5, 5.41) is -0.745. The van der Waals surface area contributed by atoms with Gasteiger partial charge in [-0.2, -0.15) is 0 Å². The number of hydrogen-bond donors (Lipinski definition) is 0. The maximum absolute atomic E-state index is 12.6. The smallest absolute Gasteiger partial charge is 0.321 e. The molecule has 0 saturated heterocycles. The van der Waals surface area contributed by atoms with E-state index in [-0.39, 0.29) is 6.61 Å². The van der Waals surface area contributed by atoms with Crippen LogP contribution in [0, 0.1) is 5.82 Å². The van der Waals surface area contributed by atoms with Crippen LogP contribution in [-0.4, -0.2) is 22.0 Å².